The van der Waals surface area contributed by atoms with Gasteiger partial charge in [0.15, 0.2) is 5.96 Å². The largest absolute Gasteiger partial charge is 0.349 e. The first-order valence-electron chi connectivity index (χ1n) is 6.70. The van der Waals surface area contributed by atoms with Crippen molar-refractivity contribution in [3.05, 3.63) is 34.6 Å². The van der Waals surface area contributed by atoms with Gasteiger partial charge in [0.2, 0.25) is 0 Å². The third-order valence-corrected chi connectivity index (χ3v) is 3.99. The summed E-state index contributed by atoms with van der Waals surface area (Å²) in [6, 6.07) is 4.66. The summed E-state index contributed by atoms with van der Waals surface area (Å²) in [7, 11) is 7.90. The van der Waals surface area contributed by atoms with E-state index in [2.05, 4.69) is 0 Å². The highest BCUT2D eigenvalue weighted by Gasteiger charge is 2.45. The molecule has 1 aliphatic carbocycles. The maximum atomic E-state index is 13.2. The summed E-state index contributed by atoms with van der Waals surface area (Å²) in [6.45, 7) is 0.685. The van der Waals surface area contributed by atoms with E-state index in [1.54, 1.807) is 6.07 Å². The van der Waals surface area contributed by atoms with Crippen LogP contribution in [0, 0.1) is 5.82 Å². The molecular formula is C15H21ClFN3. The first-order chi connectivity index (χ1) is 9.35. The van der Waals surface area contributed by atoms with Crippen molar-refractivity contribution in [1.82, 2.24) is 9.80 Å². The molecule has 110 valence electrons. The molecule has 0 spiro atoms. The third-order valence-electron chi connectivity index (χ3n) is 3.68. The number of nitrogens with zero attached hydrogens (tertiary/aromatic N) is 3. The summed E-state index contributed by atoms with van der Waals surface area (Å²) < 4.78 is 13.2. The number of rotatable bonds is 3. The zero-order chi connectivity index (χ0) is 14.9. The fraction of sp³-hybridized carbons (Fsp3) is 0.533. The van der Waals surface area contributed by atoms with Crippen molar-refractivity contribution in [1.29, 1.82) is 0 Å². The fourth-order valence-electron chi connectivity index (χ4n) is 2.49. The lowest BCUT2D eigenvalue weighted by atomic mass is 9.96. The summed E-state index contributed by atoms with van der Waals surface area (Å²) in [6.07, 6.45) is 2.10. The van der Waals surface area contributed by atoms with Crippen molar-refractivity contribution in [2.75, 3.05) is 34.7 Å². The van der Waals surface area contributed by atoms with Crippen LogP contribution in [0.5, 0.6) is 0 Å². The van der Waals surface area contributed by atoms with Gasteiger partial charge >= 0.3 is 0 Å². The van der Waals surface area contributed by atoms with Crippen LogP contribution in [0.1, 0.15) is 18.4 Å². The quantitative estimate of drug-likeness (QED) is 0.631. The Morgan fingerprint density at radius 1 is 1.25 bits per heavy atom. The Bertz CT molecular complexity index is 512. The van der Waals surface area contributed by atoms with E-state index in [4.69, 9.17) is 16.6 Å². The van der Waals surface area contributed by atoms with E-state index in [0.717, 1.165) is 24.4 Å². The number of benzene rings is 1. The number of hydrogen-bond acceptors (Lipinski definition) is 1. The predicted molar refractivity (Wildman–Crippen MR) is 82.0 cm³/mol. The smallest absolute Gasteiger partial charge is 0.195 e. The van der Waals surface area contributed by atoms with Crippen molar-refractivity contribution in [3.8, 4) is 0 Å². The van der Waals surface area contributed by atoms with Crippen LogP contribution >= 0.6 is 11.6 Å². The maximum Gasteiger partial charge on any atom is 0.195 e. The van der Waals surface area contributed by atoms with Crippen molar-refractivity contribution in [2.24, 2.45) is 4.99 Å². The minimum atomic E-state index is -0.291. The Kier molecular flexibility index (Phi) is 4.23. The summed E-state index contributed by atoms with van der Waals surface area (Å²) in [4.78, 5) is 8.69. The van der Waals surface area contributed by atoms with Gasteiger partial charge in [-0.25, -0.2) is 4.39 Å². The lowest BCUT2D eigenvalue weighted by Crippen LogP contribution is -2.36. The number of halogens is 2. The van der Waals surface area contributed by atoms with Crippen molar-refractivity contribution in [3.63, 3.8) is 0 Å². The molecule has 1 saturated carbocycles. The minimum Gasteiger partial charge on any atom is -0.349 e. The Balaban J connectivity index is 2.22. The number of aliphatic imine (C=N–C) groups is 1. The van der Waals surface area contributed by atoms with E-state index in [-0.39, 0.29) is 11.2 Å². The Labute approximate surface area is 125 Å². The molecule has 0 N–H and O–H groups in total. The van der Waals surface area contributed by atoms with Gasteiger partial charge in [0.1, 0.15) is 5.82 Å². The molecule has 0 amide bonds. The average Bonchev–Trinajstić information content (AvgIpc) is 3.09. The molecule has 1 aliphatic rings. The van der Waals surface area contributed by atoms with Gasteiger partial charge in [-0.05, 0) is 30.5 Å². The minimum absolute atomic E-state index is 0.0119. The molecule has 1 aromatic rings. The molecule has 1 aromatic carbocycles. The van der Waals surface area contributed by atoms with Crippen LogP contribution in [0.3, 0.4) is 0 Å². The van der Waals surface area contributed by atoms with E-state index < -0.39 is 0 Å². The fourth-order valence-corrected chi connectivity index (χ4v) is 2.86. The van der Waals surface area contributed by atoms with Gasteiger partial charge in [0.05, 0.1) is 6.54 Å². The van der Waals surface area contributed by atoms with Gasteiger partial charge in [0, 0.05) is 38.6 Å². The Morgan fingerprint density at radius 2 is 1.85 bits per heavy atom. The molecule has 1 fully saturated rings. The van der Waals surface area contributed by atoms with Gasteiger partial charge in [-0.1, -0.05) is 17.7 Å². The molecule has 20 heavy (non-hydrogen) atoms. The second-order valence-corrected chi connectivity index (χ2v) is 6.22. The van der Waals surface area contributed by atoms with Crippen molar-refractivity contribution < 1.29 is 4.39 Å². The van der Waals surface area contributed by atoms with E-state index in [1.807, 2.05) is 38.0 Å². The zero-order valence-corrected chi connectivity index (χ0v) is 13.2. The second-order valence-electron chi connectivity index (χ2n) is 5.81. The van der Waals surface area contributed by atoms with Crippen LogP contribution in [0.15, 0.2) is 23.2 Å². The van der Waals surface area contributed by atoms with Crippen molar-refractivity contribution in [2.45, 2.75) is 18.3 Å². The van der Waals surface area contributed by atoms with Crippen LogP contribution in [-0.4, -0.2) is 50.5 Å². The third kappa shape index (κ3) is 3.06. The van der Waals surface area contributed by atoms with E-state index in [9.17, 15) is 4.39 Å². The molecule has 3 nitrogen and oxygen atoms in total. The van der Waals surface area contributed by atoms with Crippen molar-refractivity contribution >= 4 is 17.6 Å². The summed E-state index contributed by atoms with van der Waals surface area (Å²) in [5.41, 5.74) is 1.00. The predicted octanol–water partition coefficient (Wildman–Crippen LogP) is 2.99. The second kappa shape index (κ2) is 5.60. The van der Waals surface area contributed by atoms with Crippen LogP contribution in [0.4, 0.5) is 4.39 Å². The highest BCUT2D eigenvalue weighted by molar-refractivity contribution is 6.31. The van der Waals surface area contributed by atoms with Crippen LogP contribution in [0.25, 0.3) is 0 Å². The molecule has 0 radical (unpaired) electrons. The van der Waals surface area contributed by atoms with E-state index in [0.29, 0.717) is 11.6 Å². The van der Waals surface area contributed by atoms with Gasteiger partial charge in [-0.2, -0.15) is 0 Å². The Hall–Kier alpha value is -1.29. The molecular weight excluding hydrogens is 277 g/mol. The molecule has 0 aromatic heterocycles. The molecule has 0 bridgehead atoms. The van der Waals surface area contributed by atoms with E-state index in [1.165, 1.54) is 12.1 Å². The summed E-state index contributed by atoms with van der Waals surface area (Å²) in [5, 5.41) is 0.508. The lowest BCUT2D eigenvalue weighted by molar-refractivity contribution is 0.476. The molecule has 0 unspecified atom stereocenters. The molecule has 0 aliphatic heterocycles. The van der Waals surface area contributed by atoms with Gasteiger partial charge in [-0.15, -0.1) is 0 Å². The van der Waals surface area contributed by atoms with Crippen LogP contribution < -0.4 is 0 Å². The van der Waals surface area contributed by atoms with E-state index >= 15 is 0 Å². The monoisotopic (exact) mass is 297 g/mol. The molecule has 5 heteroatoms. The maximum absolute atomic E-state index is 13.2. The first-order valence-corrected chi connectivity index (χ1v) is 7.08. The average molecular weight is 298 g/mol. The normalized spacial score (nSPS) is 15.7. The number of hydrogen-bond donors (Lipinski definition) is 0. The highest BCUT2D eigenvalue weighted by atomic mass is 35.5. The SMILES string of the molecule is CN(C)C(=NCC1(c2ccc(F)cc2Cl)CC1)N(C)C. The zero-order valence-electron chi connectivity index (χ0n) is 12.5. The first kappa shape index (κ1) is 15.1. The molecule has 2 rings (SSSR count). The van der Waals surface area contributed by atoms with Crippen LogP contribution in [-0.2, 0) is 5.41 Å². The Morgan fingerprint density at radius 3 is 2.30 bits per heavy atom. The summed E-state index contributed by atoms with van der Waals surface area (Å²) >= 11 is 6.19. The van der Waals surface area contributed by atoms with Gasteiger partial charge in [-0.3, -0.25) is 4.99 Å². The highest BCUT2D eigenvalue weighted by Crippen LogP contribution is 2.50. The summed E-state index contributed by atoms with van der Waals surface area (Å²) in [5.74, 6) is 0.634. The standard InChI is InChI=1S/C15H21ClFN3/c1-19(2)14(20(3)4)18-10-15(7-8-15)12-6-5-11(17)9-13(12)16/h5-6,9H,7-8,10H2,1-4H3. The molecule has 0 saturated heterocycles. The lowest BCUT2D eigenvalue weighted by Gasteiger charge is -2.24. The van der Waals surface area contributed by atoms with Crippen LogP contribution in [0.2, 0.25) is 5.02 Å². The molecule has 0 atom stereocenters. The van der Waals surface area contributed by atoms with Gasteiger partial charge < -0.3 is 9.80 Å². The van der Waals surface area contributed by atoms with Gasteiger partial charge in [0.25, 0.3) is 0 Å². The number of guanidine groups is 1. The molecule has 0 heterocycles. The topological polar surface area (TPSA) is 18.8 Å².